The molecule has 0 amide bonds. The first-order chi connectivity index (χ1) is 10.1. The summed E-state index contributed by atoms with van der Waals surface area (Å²) in [6.45, 7) is 14.5. The molecular weight excluding hydrogens is 272 g/mol. The van der Waals surface area contributed by atoms with Gasteiger partial charge in [0.05, 0.1) is 17.8 Å². The highest BCUT2D eigenvalue weighted by atomic mass is 16.5. The minimum Gasteiger partial charge on any atom is -0.390 e. The van der Waals surface area contributed by atoms with Crippen molar-refractivity contribution < 1.29 is 9.84 Å². The van der Waals surface area contributed by atoms with Crippen LogP contribution in [0.15, 0.2) is 0 Å². The van der Waals surface area contributed by atoms with E-state index in [2.05, 4.69) is 34.6 Å². The van der Waals surface area contributed by atoms with Crippen molar-refractivity contribution in [1.82, 2.24) is 0 Å². The third-order valence-electron chi connectivity index (χ3n) is 6.44. The van der Waals surface area contributed by atoms with Crippen molar-refractivity contribution in [3.63, 3.8) is 0 Å². The molecule has 0 heterocycles. The lowest BCUT2D eigenvalue weighted by Gasteiger charge is -2.41. The van der Waals surface area contributed by atoms with E-state index in [0.717, 1.165) is 31.8 Å². The number of aliphatic hydroxyl groups is 1. The van der Waals surface area contributed by atoms with Gasteiger partial charge in [-0.2, -0.15) is 0 Å². The van der Waals surface area contributed by atoms with E-state index in [0.29, 0.717) is 11.8 Å². The van der Waals surface area contributed by atoms with Crippen LogP contribution in [0.3, 0.4) is 0 Å². The molecule has 2 fully saturated rings. The Hall–Kier alpha value is -0.0800. The lowest BCUT2D eigenvalue weighted by molar-refractivity contribution is -0.125. The standard InChI is InChI=1S/C20H38O2/c1-15(2)11-18(5,16(3)4)14-22-20-10-8-17(12-20)7-9-19(6,21)13-20/h15-17,21H,7-14H2,1-6H3. The Morgan fingerprint density at radius 2 is 1.82 bits per heavy atom. The van der Waals surface area contributed by atoms with E-state index in [1.54, 1.807) is 0 Å². The van der Waals surface area contributed by atoms with Crippen LogP contribution in [0.25, 0.3) is 0 Å². The molecule has 2 aliphatic carbocycles. The third-order valence-corrected chi connectivity index (χ3v) is 6.44. The Morgan fingerprint density at radius 3 is 2.41 bits per heavy atom. The van der Waals surface area contributed by atoms with Gasteiger partial charge in [-0.15, -0.1) is 0 Å². The molecule has 0 aromatic carbocycles. The van der Waals surface area contributed by atoms with E-state index in [1.807, 2.05) is 6.92 Å². The summed E-state index contributed by atoms with van der Waals surface area (Å²) in [7, 11) is 0. The molecule has 2 saturated carbocycles. The Bertz CT molecular complexity index is 374. The van der Waals surface area contributed by atoms with Crippen LogP contribution in [0.4, 0.5) is 0 Å². The van der Waals surface area contributed by atoms with E-state index in [1.165, 1.54) is 25.7 Å². The highest BCUT2D eigenvalue weighted by molar-refractivity contribution is 5.00. The van der Waals surface area contributed by atoms with Gasteiger partial charge >= 0.3 is 0 Å². The largest absolute Gasteiger partial charge is 0.390 e. The summed E-state index contributed by atoms with van der Waals surface area (Å²) in [5.74, 6) is 2.08. The van der Waals surface area contributed by atoms with Gasteiger partial charge in [0, 0.05) is 6.42 Å². The van der Waals surface area contributed by atoms with Crippen LogP contribution < -0.4 is 0 Å². The van der Waals surface area contributed by atoms with Gasteiger partial charge in [-0.3, -0.25) is 0 Å². The van der Waals surface area contributed by atoms with Crippen molar-refractivity contribution in [3.8, 4) is 0 Å². The molecule has 130 valence electrons. The van der Waals surface area contributed by atoms with Crippen LogP contribution >= 0.6 is 0 Å². The van der Waals surface area contributed by atoms with Crippen LogP contribution in [-0.4, -0.2) is 22.9 Å². The molecule has 2 heteroatoms. The molecule has 0 aromatic heterocycles. The van der Waals surface area contributed by atoms with Gasteiger partial charge in [0.15, 0.2) is 0 Å². The summed E-state index contributed by atoms with van der Waals surface area (Å²) in [5, 5.41) is 10.6. The Labute approximate surface area is 138 Å². The maximum Gasteiger partial charge on any atom is 0.0712 e. The van der Waals surface area contributed by atoms with Crippen molar-refractivity contribution in [2.24, 2.45) is 23.2 Å². The molecule has 0 spiro atoms. The third kappa shape index (κ3) is 4.26. The summed E-state index contributed by atoms with van der Waals surface area (Å²) < 4.78 is 6.64. The molecule has 2 rings (SSSR count). The lowest BCUT2D eigenvalue weighted by atomic mass is 9.73. The first-order valence-electron chi connectivity index (χ1n) is 9.42. The van der Waals surface area contributed by atoms with E-state index < -0.39 is 5.60 Å². The van der Waals surface area contributed by atoms with Gasteiger partial charge in [-0.05, 0) is 68.6 Å². The summed E-state index contributed by atoms with van der Waals surface area (Å²) in [6, 6.07) is 0. The minimum atomic E-state index is -0.540. The maximum atomic E-state index is 10.6. The van der Waals surface area contributed by atoms with Crippen molar-refractivity contribution in [2.75, 3.05) is 6.61 Å². The highest BCUT2D eigenvalue weighted by Gasteiger charge is 2.48. The van der Waals surface area contributed by atoms with Gasteiger partial charge in [0.25, 0.3) is 0 Å². The molecule has 22 heavy (non-hydrogen) atoms. The molecule has 4 unspecified atom stereocenters. The second-order valence-corrected chi connectivity index (χ2v) is 9.70. The molecule has 0 radical (unpaired) electrons. The van der Waals surface area contributed by atoms with Crippen LogP contribution in [0.5, 0.6) is 0 Å². The normalized spacial score (nSPS) is 38.3. The minimum absolute atomic E-state index is 0.0577. The fourth-order valence-corrected chi connectivity index (χ4v) is 4.80. The fraction of sp³-hybridized carbons (Fsp3) is 1.00. The van der Waals surface area contributed by atoms with E-state index in [9.17, 15) is 5.11 Å². The second kappa shape index (κ2) is 6.43. The Morgan fingerprint density at radius 1 is 1.18 bits per heavy atom. The number of hydrogen-bond donors (Lipinski definition) is 1. The first-order valence-corrected chi connectivity index (χ1v) is 9.42. The lowest BCUT2D eigenvalue weighted by Crippen LogP contribution is -2.42. The quantitative estimate of drug-likeness (QED) is 0.732. The Balaban J connectivity index is 2.07. The summed E-state index contributed by atoms with van der Waals surface area (Å²) >= 11 is 0. The molecule has 4 atom stereocenters. The van der Waals surface area contributed by atoms with Crippen molar-refractivity contribution in [3.05, 3.63) is 0 Å². The summed E-state index contributed by atoms with van der Waals surface area (Å²) in [5.41, 5.74) is -0.363. The van der Waals surface area contributed by atoms with E-state index in [-0.39, 0.29) is 11.0 Å². The maximum absolute atomic E-state index is 10.6. The molecule has 2 bridgehead atoms. The first kappa shape index (κ1) is 18.3. The predicted molar refractivity (Wildman–Crippen MR) is 92.9 cm³/mol. The highest BCUT2D eigenvalue weighted by Crippen LogP contribution is 2.50. The van der Waals surface area contributed by atoms with Gasteiger partial charge in [-0.1, -0.05) is 34.6 Å². The molecule has 1 N–H and O–H groups in total. The Kier molecular flexibility index (Phi) is 5.34. The van der Waals surface area contributed by atoms with Crippen molar-refractivity contribution in [2.45, 2.75) is 97.7 Å². The summed E-state index contributed by atoms with van der Waals surface area (Å²) in [4.78, 5) is 0. The summed E-state index contributed by atoms with van der Waals surface area (Å²) in [6.07, 6.45) is 7.75. The number of ether oxygens (including phenoxy) is 1. The zero-order chi connectivity index (χ0) is 16.6. The van der Waals surface area contributed by atoms with E-state index in [4.69, 9.17) is 4.74 Å². The smallest absolute Gasteiger partial charge is 0.0712 e. The number of rotatable bonds is 6. The van der Waals surface area contributed by atoms with Gasteiger partial charge in [0.2, 0.25) is 0 Å². The average molecular weight is 311 g/mol. The molecule has 0 aromatic rings. The van der Waals surface area contributed by atoms with Crippen molar-refractivity contribution >= 4 is 0 Å². The molecule has 0 saturated heterocycles. The molecule has 2 nitrogen and oxygen atoms in total. The monoisotopic (exact) mass is 310 g/mol. The van der Waals surface area contributed by atoms with Gasteiger partial charge in [-0.25, -0.2) is 0 Å². The van der Waals surface area contributed by atoms with Crippen LogP contribution in [0, 0.1) is 23.2 Å². The predicted octanol–water partition coefficient (Wildman–Crippen LogP) is 5.19. The zero-order valence-electron chi connectivity index (χ0n) is 15.7. The molecule has 2 aliphatic rings. The van der Waals surface area contributed by atoms with Gasteiger partial charge in [0.1, 0.15) is 0 Å². The van der Waals surface area contributed by atoms with Crippen molar-refractivity contribution in [1.29, 1.82) is 0 Å². The topological polar surface area (TPSA) is 29.5 Å². The van der Waals surface area contributed by atoms with E-state index >= 15 is 0 Å². The van der Waals surface area contributed by atoms with Gasteiger partial charge < -0.3 is 9.84 Å². The number of hydrogen-bond acceptors (Lipinski definition) is 2. The molecule has 0 aliphatic heterocycles. The SMILES string of the molecule is CC(C)CC(C)(COC12CCC(CCC(C)(O)C1)C2)C(C)C. The van der Waals surface area contributed by atoms with Crippen LogP contribution in [0.1, 0.15) is 86.5 Å². The average Bonchev–Trinajstić information content (AvgIpc) is 2.70. The second-order valence-electron chi connectivity index (χ2n) is 9.70. The number of fused-ring (bicyclic) bond motifs is 2. The zero-order valence-corrected chi connectivity index (χ0v) is 15.7. The van der Waals surface area contributed by atoms with Crippen LogP contribution in [0.2, 0.25) is 0 Å². The van der Waals surface area contributed by atoms with Crippen LogP contribution in [-0.2, 0) is 4.74 Å². The molecular formula is C20H38O2. The fourth-order valence-electron chi connectivity index (χ4n) is 4.80.